The Labute approximate surface area is 220 Å². The molecule has 6 nitrogen and oxygen atoms in total. The third-order valence-electron chi connectivity index (χ3n) is 6.89. The summed E-state index contributed by atoms with van der Waals surface area (Å²) in [6.07, 6.45) is 0.278. The summed E-state index contributed by atoms with van der Waals surface area (Å²) in [5.74, 6) is -0.568. The average Bonchev–Trinajstić information content (AvgIpc) is 3.36. The fourth-order valence-electron chi connectivity index (χ4n) is 5.01. The van der Waals surface area contributed by atoms with Crippen LogP contribution in [-0.4, -0.2) is 42.7 Å². The molecule has 2 heterocycles. The maximum absolute atomic E-state index is 14.7. The Hall–Kier alpha value is -4.25. The van der Waals surface area contributed by atoms with Crippen LogP contribution in [0.5, 0.6) is 5.88 Å². The minimum absolute atomic E-state index is 0.278. The second kappa shape index (κ2) is 10.3. The number of nitriles is 1. The van der Waals surface area contributed by atoms with Crippen LogP contribution in [0.2, 0.25) is 0 Å². The fraction of sp³-hybridized carbons (Fsp3) is 0.226. The Morgan fingerprint density at radius 3 is 2.58 bits per heavy atom. The lowest BCUT2D eigenvalue weighted by Gasteiger charge is -2.36. The molecule has 192 valence electrons. The topological polar surface area (TPSA) is 82.5 Å². The van der Waals surface area contributed by atoms with Gasteiger partial charge in [0, 0.05) is 22.9 Å². The zero-order valence-electron chi connectivity index (χ0n) is 21.5. The molecule has 0 aliphatic heterocycles. The Morgan fingerprint density at radius 1 is 1.05 bits per heavy atom. The molecule has 0 spiro atoms. The fourth-order valence-corrected chi connectivity index (χ4v) is 5.01. The van der Waals surface area contributed by atoms with Crippen LogP contribution in [0.3, 0.4) is 0 Å². The quantitative estimate of drug-likeness (QED) is 0.277. The van der Waals surface area contributed by atoms with Gasteiger partial charge in [0.15, 0.2) is 0 Å². The normalized spacial score (nSPS) is 13.9. The van der Waals surface area contributed by atoms with Crippen molar-refractivity contribution in [1.29, 1.82) is 5.26 Å². The molecule has 7 heteroatoms. The number of hydrogen-bond donors (Lipinski definition) is 1. The molecule has 2 aromatic heterocycles. The molecule has 0 aliphatic carbocycles. The van der Waals surface area contributed by atoms with Crippen LogP contribution in [0, 0.1) is 17.1 Å². The van der Waals surface area contributed by atoms with E-state index in [-0.39, 0.29) is 6.42 Å². The minimum atomic E-state index is -1.60. The van der Waals surface area contributed by atoms with Gasteiger partial charge in [-0.2, -0.15) is 5.26 Å². The molecule has 2 atom stereocenters. The number of benzene rings is 3. The number of furan rings is 1. The Morgan fingerprint density at radius 2 is 1.87 bits per heavy atom. The number of hydrogen-bond acceptors (Lipinski definition) is 6. The van der Waals surface area contributed by atoms with Gasteiger partial charge in [-0.05, 0) is 74.6 Å². The first-order valence-electron chi connectivity index (χ1n) is 12.3. The first-order valence-corrected chi connectivity index (χ1v) is 12.3. The van der Waals surface area contributed by atoms with E-state index in [1.807, 2.05) is 55.4 Å². The number of methoxy groups -OCH3 is 1. The van der Waals surface area contributed by atoms with Gasteiger partial charge in [0.25, 0.3) is 0 Å². The third kappa shape index (κ3) is 4.72. The summed E-state index contributed by atoms with van der Waals surface area (Å²) in [5, 5.41) is 23.7. The maximum Gasteiger partial charge on any atom is 0.217 e. The summed E-state index contributed by atoms with van der Waals surface area (Å²) in [4.78, 5) is 6.68. The van der Waals surface area contributed by atoms with Crippen LogP contribution in [0.1, 0.15) is 34.8 Å². The monoisotopic (exact) mass is 509 g/mol. The molecule has 0 aliphatic rings. The molecule has 0 amide bonds. The lowest BCUT2D eigenvalue weighted by molar-refractivity contribution is -0.0145. The van der Waals surface area contributed by atoms with Crippen LogP contribution >= 0.6 is 0 Å². The van der Waals surface area contributed by atoms with Crippen molar-refractivity contribution in [2.75, 3.05) is 27.7 Å². The predicted octanol–water partition coefficient (Wildman–Crippen LogP) is 5.97. The molecule has 2 unspecified atom stereocenters. The summed E-state index contributed by atoms with van der Waals surface area (Å²) >= 11 is 0. The van der Waals surface area contributed by atoms with Crippen molar-refractivity contribution in [3.05, 3.63) is 107 Å². The van der Waals surface area contributed by atoms with Crippen molar-refractivity contribution >= 4 is 21.9 Å². The molecular formula is C31H28FN3O3. The molecule has 0 radical (unpaired) electrons. The highest BCUT2D eigenvalue weighted by atomic mass is 19.1. The van der Waals surface area contributed by atoms with Crippen molar-refractivity contribution in [1.82, 2.24) is 9.88 Å². The molecule has 5 aromatic rings. The second-order valence-electron chi connectivity index (χ2n) is 9.72. The molecule has 0 saturated heterocycles. The Kier molecular flexibility index (Phi) is 6.85. The first-order chi connectivity index (χ1) is 18.3. The summed E-state index contributed by atoms with van der Waals surface area (Å²) in [6, 6.07) is 24.8. The number of halogens is 1. The summed E-state index contributed by atoms with van der Waals surface area (Å²) < 4.78 is 26.6. The van der Waals surface area contributed by atoms with Crippen molar-refractivity contribution in [2.24, 2.45) is 0 Å². The van der Waals surface area contributed by atoms with Gasteiger partial charge < -0.3 is 19.2 Å². The first kappa shape index (κ1) is 25.4. The average molecular weight is 510 g/mol. The van der Waals surface area contributed by atoms with Gasteiger partial charge in [0.05, 0.1) is 30.2 Å². The van der Waals surface area contributed by atoms with E-state index in [0.717, 1.165) is 5.39 Å². The van der Waals surface area contributed by atoms with Crippen LogP contribution < -0.4 is 4.74 Å². The maximum atomic E-state index is 14.7. The van der Waals surface area contributed by atoms with Gasteiger partial charge in [-0.3, -0.25) is 0 Å². The molecule has 1 N–H and O–H groups in total. The van der Waals surface area contributed by atoms with Crippen molar-refractivity contribution in [3.63, 3.8) is 0 Å². The molecular weight excluding hydrogens is 481 g/mol. The summed E-state index contributed by atoms with van der Waals surface area (Å²) in [5.41, 5.74) is 1.27. The number of fused-ring (bicyclic) bond motifs is 2. The van der Waals surface area contributed by atoms with E-state index in [0.29, 0.717) is 51.4 Å². The molecule has 0 bridgehead atoms. The third-order valence-corrected chi connectivity index (χ3v) is 6.89. The highest BCUT2D eigenvalue weighted by molar-refractivity contribution is 5.82. The smallest absolute Gasteiger partial charge is 0.217 e. The SMILES string of the molecule is COc1nc2ccc(C#N)cc2cc1C(c1cccc(F)c1)C(O)(CCN(C)C)c1cc2ccccc2o1. The zero-order chi connectivity index (χ0) is 26.9. The second-order valence-corrected chi connectivity index (χ2v) is 9.72. The van der Waals surface area contributed by atoms with Crippen molar-refractivity contribution in [3.8, 4) is 11.9 Å². The van der Waals surface area contributed by atoms with E-state index in [9.17, 15) is 14.8 Å². The molecule has 0 fully saturated rings. The minimum Gasteiger partial charge on any atom is -0.481 e. The van der Waals surface area contributed by atoms with E-state index >= 15 is 0 Å². The largest absolute Gasteiger partial charge is 0.481 e. The van der Waals surface area contributed by atoms with E-state index in [2.05, 4.69) is 6.07 Å². The van der Waals surface area contributed by atoms with Gasteiger partial charge in [0.2, 0.25) is 5.88 Å². The van der Waals surface area contributed by atoms with Crippen molar-refractivity contribution in [2.45, 2.75) is 17.9 Å². The number of pyridine rings is 1. The van der Waals surface area contributed by atoms with Gasteiger partial charge >= 0.3 is 0 Å². The number of nitrogens with zero attached hydrogens (tertiary/aromatic N) is 3. The highest BCUT2D eigenvalue weighted by Gasteiger charge is 2.45. The van der Waals surface area contributed by atoms with Crippen LogP contribution in [-0.2, 0) is 5.60 Å². The van der Waals surface area contributed by atoms with E-state index < -0.39 is 17.3 Å². The lowest BCUT2D eigenvalue weighted by Crippen LogP contribution is -2.37. The highest BCUT2D eigenvalue weighted by Crippen LogP contribution is 2.48. The Balaban J connectivity index is 1.82. The van der Waals surface area contributed by atoms with Gasteiger partial charge in [-0.1, -0.05) is 30.3 Å². The van der Waals surface area contributed by atoms with Gasteiger partial charge in [0.1, 0.15) is 22.8 Å². The standard InChI is InChI=1S/C31H28FN3O3/c1-35(2)14-13-31(36,28-18-21-7-4-5-10-27(21)38-28)29(22-8-6-9-24(32)16-22)25-17-23-15-20(19-33)11-12-26(23)34-30(25)37-3/h4-12,15-18,29,36H,13-14H2,1-3H3. The van der Waals surface area contributed by atoms with E-state index in [4.69, 9.17) is 14.1 Å². The number of aromatic nitrogens is 1. The van der Waals surface area contributed by atoms with Gasteiger partial charge in [-0.15, -0.1) is 0 Å². The van der Waals surface area contributed by atoms with Crippen LogP contribution in [0.4, 0.5) is 4.39 Å². The molecule has 3 aromatic carbocycles. The van der Waals surface area contributed by atoms with Crippen LogP contribution in [0.15, 0.2) is 83.3 Å². The number of rotatable bonds is 8. The molecule has 38 heavy (non-hydrogen) atoms. The zero-order valence-corrected chi connectivity index (χ0v) is 21.5. The van der Waals surface area contributed by atoms with E-state index in [1.54, 1.807) is 30.3 Å². The number of ether oxygens (including phenoxy) is 1. The number of para-hydroxylation sites is 1. The van der Waals surface area contributed by atoms with E-state index in [1.165, 1.54) is 19.2 Å². The summed E-state index contributed by atoms with van der Waals surface area (Å²) in [6.45, 7) is 0.529. The molecule has 0 saturated carbocycles. The number of aliphatic hydroxyl groups is 1. The Bertz CT molecular complexity index is 1620. The molecule has 5 rings (SSSR count). The van der Waals surface area contributed by atoms with Crippen LogP contribution in [0.25, 0.3) is 21.9 Å². The van der Waals surface area contributed by atoms with Gasteiger partial charge in [-0.25, -0.2) is 9.37 Å². The van der Waals surface area contributed by atoms with Crippen molar-refractivity contribution < 1.29 is 18.7 Å². The predicted molar refractivity (Wildman–Crippen MR) is 145 cm³/mol. The lowest BCUT2D eigenvalue weighted by atomic mass is 9.74. The summed E-state index contributed by atoms with van der Waals surface area (Å²) in [7, 11) is 5.37.